The lowest BCUT2D eigenvalue weighted by Crippen LogP contribution is -2.14. The van der Waals surface area contributed by atoms with Crippen LogP contribution in [0.5, 0.6) is 0 Å². The lowest BCUT2D eigenvalue weighted by atomic mass is 9.82. The highest BCUT2D eigenvalue weighted by molar-refractivity contribution is 7.27. The molecule has 25 aromatic rings. The Hall–Kier alpha value is -15.0. The molecule has 4 aliphatic rings. The predicted octanol–water partition coefficient (Wildman–Crippen LogP) is 33.1. The van der Waals surface area contributed by atoms with Crippen molar-refractivity contribution in [1.29, 1.82) is 0 Å². The zero-order valence-corrected chi connectivity index (χ0v) is 68.3. The Kier molecular flexibility index (Phi) is 14.2. The smallest absolute Gasteiger partial charge is 0.0555 e. The fourth-order valence-corrected chi connectivity index (χ4v) is 24.6. The van der Waals surface area contributed by atoms with Crippen molar-refractivity contribution in [2.24, 2.45) is 0 Å². The van der Waals surface area contributed by atoms with E-state index < -0.39 is 0 Å². The molecule has 5 heterocycles. The molecule has 0 fully saturated rings. The van der Waals surface area contributed by atoms with Crippen LogP contribution in [0.3, 0.4) is 0 Å². The van der Waals surface area contributed by atoms with Gasteiger partial charge in [0.2, 0.25) is 0 Å². The second-order valence-electron chi connectivity index (χ2n) is 33.9. The molecule has 122 heavy (non-hydrogen) atoms. The van der Waals surface area contributed by atoms with E-state index in [0.717, 1.165) is 0 Å². The first-order chi connectivity index (χ1) is 60.3. The van der Waals surface area contributed by atoms with Crippen LogP contribution in [0.1, 0.15) is 25.0 Å². The van der Waals surface area contributed by atoms with Gasteiger partial charge < -0.3 is 13.7 Å². The minimum Gasteiger partial charge on any atom is -0.309 e. The minimum atomic E-state index is -0.0168. The Bertz CT molecular complexity index is 8890. The average molecular weight is 1580 g/mol. The van der Waals surface area contributed by atoms with E-state index in [9.17, 15) is 0 Å². The number of aromatic nitrogens is 3. The van der Waals surface area contributed by atoms with Gasteiger partial charge in [0.25, 0.3) is 0 Å². The Morgan fingerprint density at radius 2 is 0.598 bits per heavy atom. The molecule has 0 aliphatic heterocycles. The molecule has 3 nitrogen and oxygen atoms in total. The molecule has 5 aromatic heterocycles. The fourth-order valence-electron chi connectivity index (χ4n) is 22.1. The summed E-state index contributed by atoms with van der Waals surface area (Å²) in [5, 5.41) is 21.4. The summed E-state index contributed by atoms with van der Waals surface area (Å²) >= 11 is 3.81. The monoisotopic (exact) mass is 1580 g/mol. The third-order valence-corrected chi connectivity index (χ3v) is 29.8. The van der Waals surface area contributed by atoms with Crippen molar-refractivity contribution in [3.8, 4) is 117 Å². The van der Waals surface area contributed by atoms with Gasteiger partial charge in [-0.15, -0.1) is 22.7 Å². The van der Waals surface area contributed by atoms with Crippen LogP contribution in [0, 0.1) is 0 Å². The molecule has 0 unspecified atom stereocenters. The first-order valence-electron chi connectivity index (χ1n) is 42.4. The maximum Gasteiger partial charge on any atom is 0.0555 e. The molecule has 0 saturated carbocycles. The van der Waals surface area contributed by atoms with Gasteiger partial charge in [0.05, 0.1) is 38.8 Å². The third kappa shape index (κ3) is 9.49. The van der Waals surface area contributed by atoms with Gasteiger partial charge in [0.15, 0.2) is 0 Å². The first kappa shape index (κ1) is 68.0. The number of benzene rings is 20. The quantitative estimate of drug-likeness (QED) is 0.163. The summed E-state index contributed by atoms with van der Waals surface area (Å²) in [5.41, 5.74) is 37.7. The summed E-state index contributed by atoms with van der Waals surface area (Å²) < 4.78 is 12.8. The van der Waals surface area contributed by atoms with Crippen LogP contribution in [0.2, 0.25) is 0 Å². The zero-order chi connectivity index (χ0) is 79.9. The summed E-state index contributed by atoms with van der Waals surface area (Å²) in [6.07, 6.45) is 0. The number of thiophene rings is 2. The molecule has 566 valence electrons. The largest absolute Gasteiger partial charge is 0.309 e. The lowest BCUT2D eigenvalue weighted by Gasteiger charge is -2.21. The van der Waals surface area contributed by atoms with E-state index in [1.165, 1.54) is 266 Å². The molecule has 5 heteroatoms. The second-order valence-corrected chi connectivity index (χ2v) is 36.0. The summed E-state index contributed by atoms with van der Waals surface area (Å²) in [6, 6.07) is 146. The summed E-state index contributed by atoms with van der Waals surface area (Å²) in [5.74, 6) is 0. The van der Waals surface area contributed by atoms with Gasteiger partial charge in [0.1, 0.15) is 0 Å². The summed E-state index contributed by atoms with van der Waals surface area (Å²) in [4.78, 5) is 0. The topological polar surface area (TPSA) is 14.8 Å². The standard InChI is InChI=1S/2C40H23NS.C37H25N/c1-3-16-35-33(13-1)39-36(21-20-32-29-12-2-4-17-37(29)42-40(32)39)41(35)27-11-5-10-25(22-27)26-18-19-28-30-14-6-8-24-9-7-15-31(38(24)30)34(28)23-26;1-3-13-35-33(10-1)39-36(22-21-32-29-9-2-4-14-37(29)42-40(32)39)41(35)27-18-15-24(16-19-27)26-17-20-28-30-11-5-7-25-8-6-12-31(38(25)30)34(28)23-26;1-37(2)29-16-7-5-12-26(29)35-30(37)19-21-33-36(35)28-13-6-8-17-31(28)38(33)32-20-18-25-23-11-4-3-10-22(23)24-14-9-15-27(32)34(24)25/h2*1-23H;3-21H,1-2H3. The zero-order valence-electron chi connectivity index (χ0n) is 66.7. The number of rotatable bonds is 5. The van der Waals surface area contributed by atoms with Crippen LogP contribution in [0.4, 0.5) is 0 Å². The van der Waals surface area contributed by atoms with Gasteiger partial charge in [-0.05, 0) is 229 Å². The number of nitrogens with zero attached hydrogens (tertiary/aromatic N) is 3. The highest BCUT2D eigenvalue weighted by Gasteiger charge is 2.38. The van der Waals surface area contributed by atoms with Gasteiger partial charge in [-0.3, -0.25) is 0 Å². The van der Waals surface area contributed by atoms with Crippen molar-refractivity contribution >= 4 is 161 Å². The Morgan fingerprint density at radius 1 is 0.205 bits per heavy atom. The maximum absolute atomic E-state index is 2.50. The second kappa shape index (κ2) is 25.5. The van der Waals surface area contributed by atoms with Crippen LogP contribution in [-0.4, -0.2) is 13.7 Å². The molecule has 0 atom stereocenters. The van der Waals surface area contributed by atoms with E-state index in [2.05, 4.69) is 422 Å². The SMILES string of the molecule is CC1(C)c2ccccc2-c2c1ccc1c2c2ccccc2n1-c1ccc2c3c(cccc13)-c1ccccc1-2.c1cc(-c2ccc3c(c2)-c2cccc4cccc-3c24)cc(-n2c3ccccc3c3c4sc5ccccc5c4ccc32)c1.c1cc2c3c(cccc3c1)-c1cc(-c3ccc(-n4c5ccccc5c5c6sc7ccccc7c6ccc54)cc3)ccc1-2. The molecule has 29 rings (SSSR count). The number of para-hydroxylation sites is 3. The molecule has 4 aliphatic carbocycles. The first-order valence-corrected chi connectivity index (χ1v) is 44.0. The minimum absolute atomic E-state index is 0.0168. The van der Waals surface area contributed by atoms with E-state index in [1.807, 2.05) is 22.7 Å². The van der Waals surface area contributed by atoms with E-state index in [0.29, 0.717) is 0 Å². The summed E-state index contributed by atoms with van der Waals surface area (Å²) in [7, 11) is 0. The van der Waals surface area contributed by atoms with Crippen LogP contribution in [-0.2, 0) is 5.41 Å². The number of hydrogen-bond donors (Lipinski definition) is 0. The van der Waals surface area contributed by atoms with Gasteiger partial charge >= 0.3 is 0 Å². The third-order valence-electron chi connectivity index (χ3n) is 27.4. The lowest BCUT2D eigenvalue weighted by molar-refractivity contribution is 0.661. The highest BCUT2D eigenvalue weighted by atomic mass is 32.1. The van der Waals surface area contributed by atoms with E-state index in [1.54, 1.807) is 0 Å². The van der Waals surface area contributed by atoms with Gasteiger partial charge in [-0.2, -0.15) is 0 Å². The van der Waals surface area contributed by atoms with Crippen LogP contribution < -0.4 is 0 Å². The van der Waals surface area contributed by atoms with Gasteiger partial charge in [-0.25, -0.2) is 0 Å². The van der Waals surface area contributed by atoms with Crippen molar-refractivity contribution in [3.63, 3.8) is 0 Å². The van der Waals surface area contributed by atoms with Crippen LogP contribution >= 0.6 is 22.7 Å². The van der Waals surface area contributed by atoms with E-state index in [-0.39, 0.29) is 5.41 Å². The highest BCUT2D eigenvalue weighted by Crippen LogP contribution is 2.57. The van der Waals surface area contributed by atoms with Crippen molar-refractivity contribution in [1.82, 2.24) is 13.7 Å². The van der Waals surface area contributed by atoms with Crippen molar-refractivity contribution in [2.45, 2.75) is 19.3 Å². The summed E-state index contributed by atoms with van der Waals surface area (Å²) in [6.45, 7) is 4.73. The molecule has 20 aromatic carbocycles. The molecular formula is C117H71N3S2. The fraction of sp³-hybridized carbons (Fsp3) is 0.0256. The Morgan fingerprint density at radius 3 is 1.18 bits per heavy atom. The maximum atomic E-state index is 2.50. The molecular weight excluding hydrogens is 1510 g/mol. The molecule has 0 spiro atoms. The number of hydrogen-bond acceptors (Lipinski definition) is 2. The predicted molar refractivity (Wildman–Crippen MR) is 522 cm³/mol. The molecule has 0 saturated heterocycles. The van der Waals surface area contributed by atoms with Crippen molar-refractivity contribution in [2.75, 3.05) is 0 Å². The van der Waals surface area contributed by atoms with E-state index >= 15 is 0 Å². The van der Waals surface area contributed by atoms with Crippen LogP contribution in [0.15, 0.2) is 394 Å². The molecule has 0 amide bonds. The van der Waals surface area contributed by atoms with Crippen molar-refractivity contribution in [3.05, 3.63) is 405 Å². The van der Waals surface area contributed by atoms with Crippen molar-refractivity contribution < 1.29 is 0 Å². The molecule has 0 bridgehead atoms. The number of fused-ring (bicyclic) bond motifs is 30. The van der Waals surface area contributed by atoms with Gasteiger partial charge in [-0.1, -0.05) is 317 Å². The Labute approximate surface area is 711 Å². The Balaban J connectivity index is 0.0000000963. The molecule has 0 N–H and O–H groups in total. The van der Waals surface area contributed by atoms with E-state index in [4.69, 9.17) is 0 Å². The average Bonchev–Trinajstić information content (AvgIpc) is 1.53. The molecule has 0 radical (unpaired) electrons. The van der Waals surface area contributed by atoms with Crippen LogP contribution in [0.25, 0.3) is 255 Å². The van der Waals surface area contributed by atoms with Gasteiger partial charge in [0, 0.05) is 94.8 Å². The normalized spacial score (nSPS) is 12.9.